The molecule has 10 heteroatoms. The van der Waals surface area contributed by atoms with Crippen molar-refractivity contribution in [2.45, 2.75) is 0 Å². The summed E-state index contributed by atoms with van der Waals surface area (Å²) in [6.07, 6.45) is 1.51. The molecule has 0 atom stereocenters. The van der Waals surface area contributed by atoms with Crippen LogP contribution in [0.4, 0.5) is 28.4 Å². The average molecular weight is 365 g/mol. The Kier molecular flexibility index (Phi) is 3.58. The second kappa shape index (κ2) is 5.95. The number of benzene rings is 2. The molecule has 4 N–H and O–H groups in total. The zero-order chi connectivity index (χ0) is 19.1. The standard InChI is InChI=1S/C17H11N5O5/c23-12-6-8(22(26)27)4-5-9(12)20-14-15(17(25)16(14)24)21-11-3-1-2-10-13(11)19-7-18-10/h1-7,20-21,23H,(H,18,19). The number of imidazole rings is 1. The molecule has 0 fully saturated rings. The molecule has 1 heterocycles. The number of H-pyrrole nitrogens is 1. The monoisotopic (exact) mass is 365 g/mol. The summed E-state index contributed by atoms with van der Waals surface area (Å²) in [6, 6.07) is 8.64. The third kappa shape index (κ3) is 2.65. The van der Waals surface area contributed by atoms with Crippen LogP contribution in [-0.4, -0.2) is 20.0 Å². The van der Waals surface area contributed by atoms with E-state index in [0.29, 0.717) is 11.2 Å². The largest absolute Gasteiger partial charge is 0.506 e. The molecule has 0 aliphatic carbocycles. The number of aromatic nitrogens is 2. The van der Waals surface area contributed by atoms with Gasteiger partial charge in [-0.1, -0.05) is 6.07 Å². The molecular formula is C17H11N5O5. The lowest BCUT2D eigenvalue weighted by atomic mass is 10.1. The second-order valence-corrected chi connectivity index (χ2v) is 5.72. The number of nitro groups is 1. The van der Waals surface area contributed by atoms with Gasteiger partial charge in [-0.25, -0.2) is 4.98 Å². The lowest BCUT2D eigenvalue weighted by Gasteiger charge is -2.15. The van der Waals surface area contributed by atoms with Gasteiger partial charge in [-0.3, -0.25) is 19.7 Å². The van der Waals surface area contributed by atoms with Crippen LogP contribution in [0.25, 0.3) is 11.0 Å². The van der Waals surface area contributed by atoms with Gasteiger partial charge in [0.25, 0.3) is 16.5 Å². The van der Waals surface area contributed by atoms with Crippen LogP contribution >= 0.6 is 0 Å². The van der Waals surface area contributed by atoms with Crippen LogP contribution in [0.15, 0.2) is 52.3 Å². The smallest absolute Gasteiger partial charge is 0.273 e. The molecule has 1 aromatic heterocycles. The molecule has 0 spiro atoms. The number of anilines is 4. The number of hydrogen-bond acceptors (Lipinski definition) is 8. The third-order valence-corrected chi connectivity index (χ3v) is 4.07. The third-order valence-electron chi connectivity index (χ3n) is 4.07. The number of fused-ring (bicyclic) bond motifs is 1. The lowest BCUT2D eigenvalue weighted by Crippen LogP contribution is -2.35. The molecule has 10 nitrogen and oxygen atoms in total. The van der Waals surface area contributed by atoms with E-state index in [4.69, 9.17) is 0 Å². The van der Waals surface area contributed by atoms with E-state index < -0.39 is 21.5 Å². The van der Waals surface area contributed by atoms with Gasteiger partial charge in [0.15, 0.2) is 0 Å². The maximum absolute atomic E-state index is 12.0. The van der Waals surface area contributed by atoms with Crippen LogP contribution in [0.1, 0.15) is 0 Å². The Bertz CT molecular complexity index is 1270. The van der Waals surface area contributed by atoms with Crippen molar-refractivity contribution in [1.82, 2.24) is 9.97 Å². The highest BCUT2D eigenvalue weighted by Gasteiger charge is 2.23. The van der Waals surface area contributed by atoms with Gasteiger partial charge in [-0.05, 0) is 18.2 Å². The normalized spacial score (nSPS) is 11.0. The minimum atomic E-state index is -0.760. The maximum atomic E-state index is 12.0. The first-order valence-corrected chi connectivity index (χ1v) is 7.72. The Hall–Kier alpha value is -4.21. The van der Waals surface area contributed by atoms with E-state index in [2.05, 4.69) is 20.6 Å². The van der Waals surface area contributed by atoms with Crippen LogP contribution in [-0.2, 0) is 0 Å². The molecule has 0 bridgehead atoms. The molecule has 0 aliphatic heterocycles. The fourth-order valence-corrected chi connectivity index (χ4v) is 2.71. The molecule has 0 saturated carbocycles. The predicted molar refractivity (Wildman–Crippen MR) is 98.8 cm³/mol. The van der Waals surface area contributed by atoms with Crippen LogP contribution in [0.3, 0.4) is 0 Å². The summed E-state index contributed by atoms with van der Waals surface area (Å²) in [6.45, 7) is 0. The fourth-order valence-electron chi connectivity index (χ4n) is 2.71. The van der Waals surface area contributed by atoms with Crippen molar-refractivity contribution in [1.29, 1.82) is 0 Å². The van der Waals surface area contributed by atoms with Crippen molar-refractivity contribution in [3.8, 4) is 5.75 Å². The molecule has 3 aromatic carbocycles. The lowest BCUT2D eigenvalue weighted by molar-refractivity contribution is -0.384. The number of nitrogens with one attached hydrogen (secondary N) is 3. The van der Waals surface area contributed by atoms with Crippen molar-refractivity contribution in [3.05, 3.63) is 73.3 Å². The topological polar surface area (TPSA) is 150 Å². The van der Waals surface area contributed by atoms with E-state index in [1.54, 1.807) is 12.1 Å². The van der Waals surface area contributed by atoms with Gasteiger partial charge in [0.05, 0.1) is 34.2 Å². The molecule has 27 heavy (non-hydrogen) atoms. The molecule has 0 saturated heterocycles. The van der Waals surface area contributed by atoms with Gasteiger partial charge in [0.1, 0.15) is 22.6 Å². The maximum Gasteiger partial charge on any atom is 0.273 e. The number of phenolic OH excluding ortho intramolecular Hbond substituents is 1. The summed E-state index contributed by atoms with van der Waals surface area (Å²) in [7, 11) is 0. The first-order chi connectivity index (χ1) is 13.0. The van der Waals surface area contributed by atoms with E-state index in [9.17, 15) is 24.8 Å². The Labute approximate surface area is 150 Å². The van der Waals surface area contributed by atoms with Gasteiger partial charge in [0.2, 0.25) is 0 Å². The number of aromatic hydroxyl groups is 1. The van der Waals surface area contributed by atoms with E-state index >= 15 is 0 Å². The summed E-state index contributed by atoms with van der Waals surface area (Å²) < 4.78 is 0. The number of phenols is 1. The van der Waals surface area contributed by atoms with E-state index in [-0.39, 0.29) is 22.7 Å². The number of rotatable bonds is 5. The highest BCUT2D eigenvalue weighted by Crippen LogP contribution is 2.33. The van der Waals surface area contributed by atoms with Crippen LogP contribution in [0.2, 0.25) is 0 Å². The summed E-state index contributed by atoms with van der Waals surface area (Å²) >= 11 is 0. The Morgan fingerprint density at radius 3 is 2.41 bits per heavy atom. The molecule has 0 aliphatic rings. The van der Waals surface area contributed by atoms with Gasteiger partial charge < -0.3 is 20.7 Å². The molecule has 0 radical (unpaired) electrons. The summed E-state index contributed by atoms with van der Waals surface area (Å²) in [5, 5.41) is 26.2. The van der Waals surface area contributed by atoms with Gasteiger partial charge in [0, 0.05) is 6.07 Å². The molecule has 134 valence electrons. The molecule has 4 aromatic rings. The van der Waals surface area contributed by atoms with E-state index in [1.165, 1.54) is 18.5 Å². The summed E-state index contributed by atoms with van der Waals surface area (Å²) in [5.74, 6) is -0.419. The van der Waals surface area contributed by atoms with Crippen molar-refractivity contribution in [2.24, 2.45) is 0 Å². The summed E-state index contributed by atoms with van der Waals surface area (Å²) in [5.41, 5.74) is 0.133. The number of aromatic amines is 1. The predicted octanol–water partition coefficient (Wildman–Crippen LogP) is 2.26. The van der Waals surface area contributed by atoms with E-state index in [0.717, 1.165) is 11.6 Å². The molecule has 4 rings (SSSR count). The fraction of sp³-hybridized carbons (Fsp3) is 0. The summed E-state index contributed by atoms with van der Waals surface area (Å²) in [4.78, 5) is 41.1. The van der Waals surface area contributed by atoms with Crippen LogP contribution in [0, 0.1) is 10.1 Å². The number of hydrogen-bond donors (Lipinski definition) is 4. The highest BCUT2D eigenvalue weighted by atomic mass is 16.6. The van der Waals surface area contributed by atoms with Crippen molar-refractivity contribution >= 4 is 39.5 Å². The SMILES string of the molecule is O=c1c(Nc2ccc([N+](=O)[O-])cc2O)c(Nc2cccc3[nH]cnc23)c1=O. The average Bonchev–Trinajstić information content (AvgIpc) is 3.14. The Morgan fingerprint density at radius 2 is 1.74 bits per heavy atom. The van der Waals surface area contributed by atoms with Gasteiger partial charge in [-0.15, -0.1) is 0 Å². The molecule has 0 unspecified atom stereocenters. The van der Waals surface area contributed by atoms with Crippen molar-refractivity contribution in [3.63, 3.8) is 0 Å². The van der Waals surface area contributed by atoms with E-state index in [1.807, 2.05) is 6.07 Å². The second-order valence-electron chi connectivity index (χ2n) is 5.72. The minimum Gasteiger partial charge on any atom is -0.506 e. The van der Waals surface area contributed by atoms with Crippen molar-refractivity contribution in [2.75, 3.05) is 10.6 Å². The van der Waals surface area contributed by atoms with Crippen LogP contribution in [0.5, 0.6) is 5.75 Å². The molecular weight excluding hydrogens is 354 g/mol. The number of nitrogens with zero attached hydrogens (tertiary/aromatic N) is 2. The Morgan fingerprint density at radius 1 is 1.04 bits per heavy atom. The first-order valence-electron chi connectivity index (χ1n) is 7.72. The zero-order valence-electron chi connectivity index (χ0n) is 13.5. The Balaban J connectivity index is 1.67. The quantitative estimate of drug-likeness (QED) is 0.182. The minimum absolute atomic E-state index is 0.0215. The number of non-ortho nitro benzene ring substituents is 1. The number of para-hydroxylation sites is 1. The van der Waals surface area contributed by atoms with Crippen LogP contribution < -0.4 is 21.5 Å². The zero-order valence-corrected chi connectivity index (χ0v) is 13.5. The first kappa shape index (κ1) is 16.3. The van der Waals surface area contributed by atoms with Gasteiger partial charge >= 0.3 is 0 Å². The highest BCUT2D eigenvalue weighted by molar-refractivity contribution is 5.93. The van der Waals surface area contributed by atoms with Gasteiger partial charge in [-0.2, -0.15) is 0 Å². The number of nitro benzene ring substituents is 1. The van der Waals surface area contributed by atoms with Crippen molar-refractivity contribution < 1.29 is 10.0 Å². The molecule has 0 amide bonds.